The van der Waals surface area contributed by atoms with Crippen LogP contribution in [0.2, 0.25) is 5.02 Å². The fraction of sp³-hybridized carbons (Fsp3) is 0.318. The van der Waals surface area contributed by atoms with Crippen LogP contribution >= 0.6 is 11.6 Å². The van der Waals surface area contributed by atoms with Crippen molar-refractivity contribution in [3.63, 3.8) is 0 Å². The van der Waals surface area contributed by atoms with E-state index in [2.05, 4.69) is 15.8 Å². The van der Waals surface area contributed by atoms with Crippen LogP contribution in [-0.4, -0.2) is 38.3 Å². The van der Waals surface area contributed by atoms with Crippen LogP contribution in [0.15, 0.2) is 47.6 Å². The summed E-state index contributed by atoms with van der Waals surface area (Å²) in [6, 6.07) is 11.0. The van der Waals surface area contributed by atoms with Crippen molar-refractivity contribution < 1.29 is 19.1 Å². The third kappa shape index (κ3) is 6.77. The van der Waals surface area contributed by atoms with Gasteiger partial charge in [-0.2, -0.15) is 5.10 Å². The van der Waals surface area contributed by atoms with Gasteiger partial charge in [0, 0.05) is 16.1 Å². The molecule has 8 heteroatoms. The van der Waals surface area contributed by atoms with Crippen molar-refractivity contribution in [2.45, 2.75) is 26.3 Å². The molecule has 0 radical (unpaired) electrons. The number of hydrazone groups is 1. The molecule has 2 N–H and O–H groups in total. The van der Waals surface area contributed by atoms with Crippen molar-refractivity contribution >= 4 is 29.6 Å². The quantitative estimate of drug-likeness (QED) is 0.468. The summed E-state index contributed by atoms with van der Waals surface area (Å²) < 4.78 is 10.5. The Morgan fingerprint density at radius 3 is 2.40 bits per heavy atom. The van der Waals surface area contributed by atoms with E-state index in [1.165, 1.54) is 6.21 Å². The van der Waals surface area contributed by atoms with Gasteiger partial charge in [-0.1, -0.05) is 25.4 Å². The van der Waals surface area contributed by atoms with Gasteiger partial charge in [-0.15, -0.1) is 0 Å². The van der Waals surface area contributed by atoms with Crippen LogP contribution in [0.3, 0.4) is 0 Å². The second-order valence-corrected chi connectivity index (χ2v) is 7.44. The van der Waals surface area contributed by atoms with E-state index in [0.717, 1.165) is 0 Å². The number of nitrogens with zero attached hydrogens (tertiary/aromatic N) is 1. The number of rotatable bonds is 9. The predicted octanol–water partition coefficient (Wildman–Crippen LogP) is 3.65. The smallest absolute Gasteiger partial charge is 0.262 e. The van der Waals surface area contributed by atoms with Gasteiger partial charge in [0.25, 0.3) is 11.8 Å². The highest BCUT2D eigenvalue weighted by Gasteiger charge is 2.22. The van der Waals surface area contributed by atoms with Crippen molar-refractivity contribution in [2.75, 3.05) is 14.2 Å². The molecule has 0 saturated carbocycles. The number of hydrogen-bond donors (Lipinski definition) is 2. The summed E-state index contributed by atoms with van der Waals surface area (Å²) >= 11 is 5.86. The molecule has 0 aliphatic carbocycles. The van der Waals surface area contributed by atoms with E-state index in [1.807, 2.05) is 13.8 Å². The molecule has 2 aromatic rings. The van der Waals surface area contributed by atoms with Crippen molar-refractivity contribution in [1.82, 2.24) is 10.7 Å². The molecular formula is C22H26ClN3O4. The highest BCUT2D eigenvalue weighted by atomic mass is 35.5. The first-order chi connectivity index (χ1) is 14.3. The van der Waals surface area contributed by atoms with Crippen LogP contribution in [0.5, 0.6) is 11.5 Å². The maximum atomic E-state index is 12.7. The van der Waals surface area contributed by atoms with Crippen LogP contribution in [0.4, 0.5) is 0 Å². The summed E-state index contributed by atoms with van der Waals surface area (Å²) in [6.45, 7) is 3.94. The summed E-state index contributed by atoms with van der Waals surface area (Å²) in [5.74, 6) is 0.642. The monoisotopic (exact) mass is 431 g/mol. The van der Waals surface area contributed by atoms with Crippen molar-refractivity contribution in [3.05, 3.63) is 58.6 Å². The zero-order chi connectivity index (χ0) is 22.1. The number of nitrogens with one attached hydrogen (secondary N) is 2. The molecule has 0 spiro atoms. The van der Waals surface area contributed by atoms with Crippen LogP contribution in [0, 0.1) is 5.92 Å². The Morgan fingerprint density at radius 1 is 1.10 bits per heavy atom. The molecule has 0 aliphatic heterocycles. The Morgan fingerprint density at radius 2 is 1.80 bits per heavy atom. The lowest BCUT2D eigenvalue weighted by atomic mass is 10.0. The predicted molar refractivity (Wildman–Crippen MR) is 117 cm³/mol. The summed E-state index contributed by atoms with van der Waals surface area (Å²) in [5.41, 5.74) is 3.55. The Hall–Kier alpha value is -3.06. The first kappa shape index (κ1) is 23.2. The van der Waals surface area contributed by atoms with Gasteiger partial charge in [-0.25, -0.2) is 5.43 Å². The molecule has 0 saturated heterocycles. The van der Waals surface area contributed by atoms with Gasteiger partial charge >= 0.3 is 0 Å². The first-order valence-corrected chi connectivity index (χ1v) is 9.83. The summed E-state index contributed by atoms with van der Waals surface area (Å²) in [5, 5.41) is 7.31. The lowest BCUT2D eigenvalue weighted by molar-refractivity contribution is -0.123. The van der Waals surface area contributed by atoms with Crippen LogP contribution in [0.1, 0.15) is 36.2 Å². The zero-order valence-electron chi connectivity index (χ0n) is 17.4. The molecule has 160 valence electrons. The normalized spacial score (nSPS) is 11.9. The number of carbonyl (C=O) groups excluding carboxylic acids is 2. The summed E-state index contributed by atoms with van der Waals surface area (Å²) in [4.78, 5) is 25.1. The van der Waals surface area contributed by atoms with Gasteiger partial charge in [0.15, 0.2) is 0 Å². The third-order valence-corrected chi connectivity index (χ3v) is 4.50. The molecule has 0 fully saturated rings. The van der Waals surface area contributed by atoms with E-state index in [0.29, 0.717) is 34.1 Å². The Bertz CT molecular complexity index is 898. The minimum absolute atomic E-state index is 0.189. The Kier molecular flexibility index (Phi) is 8.68. The van der Waals surface area contributed by atoms with E-state index < -0.39 is 11.9 Å². The maximum absolute atomic E-state index is 12.7. The third-order valence-electron chi connectivity index (χ3n) is 4.25. The van der Waals surface area contributed by atoms with E-state index >= 15 is 0 Å². The van der Waals surface area contributed by atoms with Gasteiger partial charge in [0.2, 0.25) is 0 Å². The molecule has 30 heavy (non-hydrogen) atoms. The molecule has 0 bridgehead atoms. The van der Waals surface area contributed by atoms with E-state index in [9.17, 15) is 9.59 Å². The number of ether oxygens (including phenoxy) is 2. The number of hydrogen-bond acceptors (Lipinski definition) is 5. The standard InChI is InChI=1S/C22H26ClN3O4/c1-14(2)11-19(25-21(27)15-5-7-17(23)8-6-15)22(28)26-24-13-16-12-18(29-3)9-10-20(16)30-4/h5-10,12-14,19H,11H2,1-4H3,(H,25,27)(H,26,28)/b24-13+. The molecule has 2 amide bonds. The van der Waals surface area contributed by atoms with Crippen molar-refractivity contribution in [1.29, 1.82) is 0 Å². The molecule has 1 atom stereocenters. The second-order valence-electron chi connectivity index (χ2n) is 7.00. The molecule has 0 heterocycles. The van der Waals surface area contributed by atoms with Crippen molar-refractivity contribution in [2.24, 2.45) is 11.0 Å². The average Bonchev–Trinajstić information content (AvgIpc) is 2.73. The SMILES string of the molecule is COc1ccc(OC)c(/C=N/NC(=O)C(CC(C)C)NC(=O)c2ccc(Cl)cc2)c1. The maximum Gasteiger partial charge on any atom is 0.262 e. The van der Waals surface area contributed by atoms with Crippen LogP contribution in [0.25, 0.3) is 0 Å². The minimum atomic E-state index is -0.738. The summed E-state index contributed by atoms with van der Waals surface area (Å²) in [7, 11) is 3.10. The highest BCUT2D eigenvalue weighted by Crippen LogP contribution is 2.22. The summed E-state index contributed by atoms with van der Waals surface area (Å²) in [6.07, 6.45) is 1.93. The lowest BCUT2D eigenvalue weighted by Gasteiger charge is -2.19. The molecule has 0 aromatic heterocycles. The van der Waals surface area contributed by atoms with E-state index in [1.54, 1.807) is 56.7 Å². The second kappa shape index (κ2) is 11.2. The fourth-order valence-corrected chi connectivity index (χ4v) is 2.86. The molecule has 0 aliphatic rings. The largest absolute Gasteiger partial charge is 0.497 e. The zero-order valence-corrected chi connectivity index (χ0v) is 18.2. The molecular weight excluding hydrogens is 406 g/mol. The number of halogens is 1. The number of carbonyl (C=O) groups is 2. The minimum Gasteiger partial charge on any atom is -0.497 e. The van der Waals surface area contributed by atoms with Gasteiger partial charge in [0.1, 0.15) is 17.5 Å². The average molecular weight is 432 g/mol. The fourth-order valence-electron chi connectivity index (χ4n) is 2.73. The number of methoxy groups -OCH3 is 2. The van der Waals surface area contributed by atoms with E-state index in [4.69, 9.17) is 21.1 Å². The Balaban J connectivity index is 2.09. The van der Waals surface area contributed by atoms with Gasteiger partial charge in [0.05, 0.1) is 20.4 Å². The van der Waals surface area contributed by atoms with Crippen LogP contribution in [-0.2, 0) is 4.79 Å². The van der Waals surface area contributed by atoms with Gasteiger partial charge in [-0.3, -0.25) is 9.59 Å². The lowest BCUT2D eigenvalue weighted by Crippen LogP contribution is -2.46. The first-order valence-electron chi connectivity index (χ1n) is 9.45. The molecule has 1 unspecified atom stereocenters. The topological polar surface area (TPSA) is 89.0 Å². The highest BCUT2D eigenvalue weighted by molar-refractivity contribution is 6.30. The van der Waals surface area contributed by atoms with Gasteiger partial charge in [-0.05, 0) is 54.8 Å². The molecule has 2 aromatic carbocycles. The van der Waals surface area contributed by atoms with Crippen molar-refractivity contribution in [3.8, 4) is 11.5 Å². The molecule has 2 rings (SSSR count). The van der Waals surface area contributed by atoms with E-state index in [-0.39, 0.29) is 11.8 Å². The number of benzene rings is 2. The molecule has 7 nitrogen and oxygen atoms in total. The van der Waals surface area contributed by atoms with Gasteiger partial charge < -0.3 is 14.8 Å². The van der Waals surface area contributed by atoms with Crippen LogP contribution < -0.4 is 20.2 Å². The number of amides is 2. The Labute approximate surface area is 181 Å².